The fourth-order valence-electron chi connectivity index (χ4n) is 2.09. The van der Waals surface area contributed by atoms with E-state index in [1.807, 2.05) is 0 Å². The number of aliphatic hydroxyl groups excluding tert-OH is 1. The lowest BCUT2D eigenvalue weighted by Gasteiger charge is -2.29. The van der Waals surface area contributed by atoms with Crippen molar-refractivity contribution in [2.24, 2.45) is 5.92 Å². The number of aliphatic hydroxyl groups is 1. The fourth-order valence-corrected chi connectivity index (χ4v) is 2.09. The van der Waals surface area contributed by atoms with Crippen molar-refractivity contribution in [3.8, 4) is 0 Å². The molecule has 0 aromatic rings. The van der Waals surface area contributed by atoms with Crippen LogP contribution in [0.1, 0.15) is 12.8 Å². The maximum Gasteiger partial charge on any atom is 0.0589 e. The van der Waals surface area contributed by atoms with Crippen molar-refractivity contribution >= 4 is 12.4 Å². The lowest BCUT2D eigenvalue weighted by Crippen LogP contribution is -2.38. The van der Waals surface area contributed by atoms with Crippen molar-refractivity contribution in [1.29, 1.82) is 0 Å². The Morgan fingerprint density at radius 2 is 2.00 bits per heavy atom. The maximum atomic E-state index is 8.97. The molecular weight excluding hydrogens is 228 g/mol. The summed E-state index contributed by atoms with van der Waals surface area (Å²) in [5, 5.41) is 12.3. The molecule has 1 heterocycles. The van der Waals surface area contributed by atoms with Crippen LogP contribution < -0.4 is 5.32 Å². The lowest BCUT2D eigenvalue weighted by atomic mass is 9.97. The van der Waals surface area contributed by atoms with Gasteiger partial charge in [-0.15, -0.1) is 12.4 Å². The first-order chi connectivity index (χ1) is 7.36. The van der Waals surface area contributed by atoms with E-state index in [0.29, 0.717) is 0 Å². The summed E-state index contributed by atoms with van der Waals surface area (Å²) in [6.07, 6.45) is 2.52. The van der Waals surface area contributed by atoms with Crippen LogP contribution in [-0.2, 0) is 4.74 Å². The molecule has 0 aromatic heterocycles. The second kappa shape index (κ2) is 10.3. The first-order valence-electron chi connectivity index (χ1n) is 5.89. The number of hydrogen-bond donors (Lipinski definition) is 2. The van der Waals surface area contributed by atoms with Crippen LogP contribution in [-0.4, -0.2) is 63.1 Å². The highest BCUT2D eigenvalue weighted by molar-refractivity contribution is 5.85. The van der Waals surface area contributed by atoms with Gasteiger partial charge >= 0.3 is 0 Å². The van der Waals surface area contributed by atoms with Crippen LogP contribution in [0.25, 0.3) is 0 Å². The summed E-state index contributed by atoms with van der Waals surface area (Å²) >= 11 is 0. The predicted octanol–water partition coefficient (Wildman–Crippen LogP) is 0.349. The largest absolute Gasteiger partial charge is 0.395 e. The fraction of sp³-hybridized carbons (Fsp3) is 1.00. The summed E-state index contributed by atoms with van der Waals surface area (Å²) in [7, 11) is 1.72. The van der Waals surface area contributed by atoms with Gasteiger partial charge in [-0.3, -0.25) is 4.90 Å². The average molecular weight is 253 g/mol. The molecule has 4 nitrogen and oxygen atoms in total. The van der Waals surface area contributed by atoms with E-state index in [1.165, 1.54) is 12.8 Å². The summed E-state index contributed by atoms with van der Waals surface area (Å²) < 4.78 is 5.07. The van der Waals surface area contributed by atoms with E-state index in [0.717, 1.165) is 45.2 Å². The van der Waals surface area contributed by atoms with E-state index in [9.17, 15) is 0 Å². The van der Waals surface area contributed by atoms with Gasteiger partial charge in [-0.05, 0) is 31.8 Å². The first-order valence-corrected chi connectivity index (χ1v) is 5.89. The zero-order valence-corrected chi connectivity index (χ0v) is 11.0. The second-order valence-electron chi connectivity index (χ2n) is 4.21. The van der Waals surface area contributed by atoms with E-state index in [2.05, 4.69) is 10.2 Å². The van der Waals surface area contributed by atoms with Crippen LogP contribution in [0.5, 0.6) is 0 Å². The van der Waals surface area contributed by atoms with Crippen LogP contribution in [0.3, 0.4) is 0 Å². The summed E-state index contributed by atoms with van der Waals surface area (Å²) in [4.78, 5) is 2.31. The molecule has 1 aliphatic rings. The third-order valence-corrected chi connectivity index (χ3v) is 3.00. The molecule has 0 saturated carbocycles. The number of halogens is 1. The smallest absolute Gasteiger partial charge is 0.0589 e. The van der Waals surface area contributed by atoms with Gasteiger partial charge in [-0.2, -0.15) is 0 Å². The molecular formula is C11H25ClN2O2. The first kappa shape index (κ1) is 16.1. The highest BCUT2D eigenvalue weighted by Crippen LogP contribution is 2.13. The van der Waals surface area contributed by atoms with E-state index < -0.39 is 0 Å². The molecule has 98 valence electrons. The molecule has 5 heteroatoms. The Hall–Kier alpha value is 0.130. The maximum absolute atomic E-state index is 8.97. The Bertz CT molecular complexity index is 155. The van der Waals surface area contributed by atoms with Crippen LogP contribution in [0.15, 0.2) is 0 Å². The van der Waals surface area contributed by atoms with Gasteiger partial charge in [0.1, 0.15) is 0 Å². The quantitative estimate of drug-likeness (QED) is 0.686. The Morgan fingerprint density at radius 1 is 1.31 bits per heavy atom. The van der Waals surface area contributed by atoms with Gasteiger partial charge in [-0.25, -0.2) is 0 Å². The predicted molar refractivity (Wildman–Crippen MR) is 68.2 cm³/mol. The monoisotopic (exact) mass is 252 g/mol. The molecule has 16 heavy (non-hydrogen) atoms. The zero-order chi connectivity index (χ0) is 10.9. The summed E-state index contributed by atoms with van der Waals surface area (Å²) in [5.41, 5.74) is 0. The van der Waals surface area contributed by atoms with Gasteiger partial charge in [0, 0.05) is 26.7 Å². The number of methoxy groups -OCH3 is 1. The van der Waals surface area contributed by atoms with Crippen molar-refractivity contribution in [3.05, 3.63) is 0 Å². The van der Waals surface area contributed by atoms with Gasteiger partial charge < -0.3 is 15.2 Å². The van der Waals surface area contributed by atoms with Gasteiger partial charge in [0.25, 0.3) is 0 Å². The van der Waals surface area contributed by atoms with E-state index >= 15 is 0 Å². The minimum atomic E-state index is 0. The van der Waals surface area contributed by atoms with Crippen molar-refractivity contribution in [1.82, 2.24) is 10.2 Å². The SMILES string of the molecule is COCCN(CCO)CC1CCNCC1.Cl. The normalized spacial score (nSPS) is 17.4. The van der Waals surface area contributed by atoms with E-state index in [1.54, 1.807) is 7.11 Å². The molecule has 0 unspecified atom stereocenters. The summed E-state index contributed by atoms with van der Waals surface area (Å²) in [6, 6.07) is 0. The number of ether oxygens (including phenoxy) is 1. The van der Waals surface area contributed by atoms with Crippen molar-refractivity contribution in [3.63, 3.8) is 0 Å². The molecule has 0 bridgehead atoms. The number of nitrogens with zero attached hydrogens (tertiary/aromatic N) is 1. The van der Waals surface area contributed by atoms with Crippen LogP contribution >= 0.6 is 12.4 Å². The molecule has 1 rings (SSSR count). The minimum absolute atomic E-state index is 0. The van der Waals surface area contributed by atoms with Crippen LogP contribution in [0.2, 0.25) is 0 Å². The van der Waals surface area contributed by atoms with Crippen molar-refractivity contribution in [2.45, 2.75) is 12.8 Å². The van der Waals surface area contributed by atoms with Gasteiger partial charge in [-0.1, -0.05) is 0 Å². The highest BCUT2D eigenvalue weighted by atomic mass is 35.5. The number of piperidine rings is 1. The van der Waals surface area contributed by atoms with Gasteiger partial charge in [0.2, 0.25) is 0 Å². The Kier molecular flexibility index (Phi) is 10.4. The molecule has 0 spiro atoms. The van der Waals surface area contributed by atoms with Crippen LogP contribution in [0, 0.1) is 5.92 Å². The Morgan fingerprint density at radius 3 is 2.56 bits per heavy atom. The second-order valence-corrected chi connectivity index (χ2v) is 4.21. The lowest BCUT2D eigenvalue weighted by molar-refractivity contribution is 0.114. The van der Waals surface area contributed by atoms with E-state index in [-0.39, 0.29) is 19.0 Å². The molecule has 2 N–H and O–H groups in total. The Labute approximate surface area is 105 Å². The molecule has 0 amide bonds. The van der Waals surface area contributed by atoms with Crippen molar-refractivity contribution < 1.29 is 9.84 Å². The van der Waals surface area contributed by atoms with Crippen molar-refractivity contribution in [2.75, 3.05) is 53.0 Å². The zero-order valence-electron chi connectivity index (χ0n) is 10.2. The van der Waals surface area contributed by atoms with Gasteiger partial charge in [0.05, 0.1) is 13.2 Å². The molecule has 1 fully saturated rings. The molecule has 1 saturated heterocycles. The standard InChI is InChI=1S/C11H24N2O2.ClH/c1-15-9-7-13(6-8-14)10-11-2-4-12-5-3-11;/h11-12,14H,2-10H2,1H3;1H. The van der Waals surface area contributed by atoms with Gasteiger partial charge in [0.15, 0.2) is 0 Å². The van der Waals surface area contributed by atoms with Crippen LogP contribution in [0.4, 0.5) is 0 Å². The molecule has 1 aliphatic heterocycles. The topological polar surface area (TPSA) is 44.7 Å². The molecule has 0 aromatic carbocycles. The molecule has 0 atom stereocenters. The number of hydrogen-bond acceptors (Lipinski definition) is 4. The third-order valence-electron chi connectivity index (χ3n) is 3.00. The van der Waals surface area contributed by atoms with E-state index in [4.69, 9.17) is 9.84 Å². The number of rotatable bonds is 7. The third kappa shape index (κ3) is 6.66. The molecule has 0 radical (unpaired) electrons. The average Bonchev–Trinajstić information content (AvgIpc) is 2.28. The summed E-state index contributed by atoms with van der Waals surface area (Å²) in [6.45, 7) is 6.09. The molecule has 0 aliphatic carbocycles. The summed E-state index contributed by atoms with van der Waals surface area (Å²) in [5.74, 6) is 0.787. The Balaban J connectivity index is 0.00000225. The number of nitrogens with one attached hydrogen (secondary N) is 1. The minimum Gasteiger partial charge on any atom is -0.395 e. The highest BCUT2D eigenvalue weighted by Gasteiger charge is 2.16.